The smallest absolute Gasteiger partial charge is 0.261 e. The molecule has 0 aromatic heterocycles. The monoisotopic (exact) mass is 603 g/mol. The average Bonchev–Trinajstić information content (AvgIpc) is 2.87. The van der Waals surface area contributed by atoms with Crippen molar-refractivity contribution in [2.24, 2.45) is 0 Å². The predicted octanol–water partition coefficient (Wildman–Crippen LogP) is 4.72. The first-order valence-electron chi connectivity index (χ1n) is 10.7. The zero-order valence-electron chi connectivity index (χ0n) is 18.9. The second-order valence-electron chi connectivity index (χ2n) is 7.84. The number of halogens is 3. The number of benzene rings is 3. The Bertz CT molecular complexity index is 1540. The van der Waals surface area contributed by atoms with Crippen LogP contribution in [0.5, 0.6) is 0 Å². The highest BCUT2D eigenvalue weighted by Gasteiger charge is 2.27. The van der Waals surface area contributed by atoms with Crippen molar-refractivity contribution in [3.05, 3.63) is 81.3 Å². The lowest BCUT2D eigenvalue weighted by atomic mass is 10.2. The molecule has 3 aromatic rings. The molecule has 0 spiro atoms. The van der Waals surface area contributed by atoms with Crippen LogP contribution in [0.15, 0.2) is 70.5 Å². The Morgan fingerprint density at radius 1 is 0.838 bits per heavy atom. The highest BCUT2D eigenvalue weighted by molar-refractivity contribution is 7.92. The van der Waals surface area contributed by atoms with Gasteiger partial charge in [-0.1, -0.05) is 40.9 Å². The number of carbonyl (C=O) groups is 1. The van der Waals surface area contributed by atoms with Crippen LogP contribution in [0.4, 0.5) is 11.4 Å². The van der Waals surface area contributed by atoms with Crippen molar-refractivity contribution in [3.8, 4) is 0 Å². The molecule has 4 rings (SSSR count). The number of rotatable bonds is 7. The van der Waals surface area contributed by atoms with Gasteiger partial charge in [-0.3, -0.25) is 9.52 Å². The van der Waals surface area contributed by atoms with Gasteiger partial charge in [0.05, 0.1) is 49.3 Å². The Morgan fingerprint density at radius 2 is 1.49 bits per heavy atom. The number of ether oxygens (including phenoxy) is 1. The summed E-state index contributed by atoms with van der Waals surface area (Å²) in [6.07, 6.45) is 0. The lowest BCUT2D eigenvalue weighted by molar-refractivity contribution is 0.0730. The van der Waals surface area contributed by atoms with Crippen molar-refractivity contribution in [2.75, 3.05) is 36.3 Å². The van der Waals surface area contributed by atoms with E-state index in [4.69, 9.17) is 39.5 Å². The topological polar surface area (TPSA) is 122 Å². The molecule has 1 aliphatic rings. The number of anilines is 2. The number of morpholine rings is 1. The fourth-order valence-corrected chi connectivity index (χ4v) is 6.59. The lowest BCUT2D eigenvalue weighted by Gasteiger charge is -2.26. The molecule has 0 atom stereocenters. The Kier molecular flexibility index (Phi) is 8.34. The second-order valence-corrected chi connectivity index (χ2v) is 12.7. The number of sulfonamides is 2. The molecule has 0 bridgehead atoms. The molecular formula is C23H20Cl3N3O6S2. The zero-order valence-corrected chi connectivity index (χ0v) is 22.8. The van der Waals surface area contributed by atoms with Crippen LogP contribution in [0, 0.1) is 0 Å². The van der Waals surface area contributed by atoms with E-state index in [1.165, 1.54) is 58.9 Å². The van der Waals surface area contributed by atoms with E-state index in [9.17, 15) is 21.6 Å². The van der Waals surface area contributed by atoms with Gasteiger partial charge in [-0.05, 0) is 54.6 Å². The molecule has 1 amide bonds. The lowest BCUT2D eigenvalue weighted by Crippen LogP contribution is -2.40. The summed E-state index contributed by atoms with van der Waals surface area (Å²) in [6, 6.07) is 13.8. The minimum absolute atomic E-state index is 0.0510. The summed E-state index contributed by atoms with van der Waals surface area (Å²) in [5.41, 5.74) is 0.334. The summed E-state index contributed by atoms with van der Waals surface area (Å²) in [7, 11) is -7.83. The summed E-state index contributed by atoms with van der Waals surface area (Å²) in [6.45, 7) is 0.987. The van der Waals surface area contributed by atoms with Gasteiger partial charge in [0.1, 0.15) is 0 Å². The van der Waals surface area contributed by atoms with Crippen molar-refractivity contribution in [1.82, 2.24) is 4.31 Å². The van der Waals surface area contributed by atoms with Crippen LogP contribution in [-0.4, -0.2) is 53.4 Å². The van der Waals surface area contributed by atoms with Crippen LogP contribution in [0.1, 0.15) is 10.4 Å². The van der Waals surface area contributed by atoms with Gasteiger partial charge in [0.25, 0.3) is 15.9 Å². The van der Waals surface area contributed by atoms with Crippen LogP contribution in [-0.2, 0) is 24.8 Å². The van der Waals surface area contributed by atoms with E-state index < -0.39 is 26.0 Å². The Hall–Kier alpha value is -2.38. The third-order valence-electron chi connectivity index (χ3n) is 5.41. The zero-order chi connectivity index (χ0) is 26.8. The molecule has 0 radical (unpaired) electrons. The first-order chi connectivity index (χ1) is 17.5. The maximum atomic E-state index is 13.0. The number of hydrogen-bond donors (Lipinski definition) is 2. The minimum Gasteiger partial charge on any atom is -0.379 e. The quantitative estimate of drug-likeness (QED) is 0.403. The van der Waals surface area contributed by atoms with Gasteiger partial charge < -0.3 is 10.1 Å². The maximum absolute atomic E-state index is 13.0. The van der Waals surface area contributed by atoms with Crippen molar-refractivity contribution in [3.63, 3.8) is 0 Å². The van der Waals surface area contributed by atoms with Crippen molar-refractivity contribution < 1.29 is 26.4 Å². The van der Waals surface area contributed by atoms with E-state index in [-0.39, 0.29) is 68.1 Å². The fourth-order valence-electron chi connectivity index (χ4n) is 3.48. The van der Waals surface area contributed by atoms with Crippen molar-refractivity contribution in [1.29, 1.82) is 0 Å². The third-order valence-corrected chi connectivity index (χ3v) is 9.83. The molecule has 196 valence electrons. The standard InChI is InChI=1S/C23H20Cl3N3O6S2/c24-19-9-8-17(37(33,34)29-10-12-35-13-11-29)14-18(19)23(30)27-15-4-6-16(7-5-15)36(31,32)28-21-3-1-2-20(25)22(21)26/h1-9,14,28H,10-13H2,(H,27,30). The summed E-state index contributed by atoms with van der Waals surface area (Å²) in [5, 5.41) is 2.91. The molecule has 9 nitrogen and oxygen atoms in total. The SMILES string of the molecule is O=C(Nc1ccc(S(=O)(=O)Nc2cccc(Cl)c2Cl)cc1)c1cc(S(=O)(=O)N2CCOCC2)ccc1Cl. The molecule has 1 saturated heterocycles. The second kappa shape index (κ2) is 11.2. The Balaban J connectivity index is 1.51. The highest BCUT2D eigenvalue weighted by atomic mass is 35.5. The normalized spacial score (nSPS) is 14.8. The summed E-state index contributed by atoms with van der Waals surface area (Å²) in [5.74, 6) is -0.663. The molecule has 1 fully saturated rings. The summed E-state index contributed by atoms with van der Waals surface area (Å²) < 4.78 is 60.2. The first kappa shape index (κ1) is 27.6. The molecule has 0 saturated carbocycles. The van der Waals surface area contributed by atoms with Crippen LogP contribution >= 0.6 is 34.8 Å². The van der Waals surface area contributed by atoms with Gasteiger partial charge in [-0.2, -0.15) is 4.31 Å². The van der Waals surface area contributed by atoms with Gasteiger partial charge in [0, 0.05) is 18.8 Å². The molecule has 3 aromatic carbocycles. The van der Waals surface area contributed by atoms with E-state index in [0.29, 0.717) is 0 Å². The number of carbonyl (C=O) groups excluding carboxylic acids is 1. The van der Waals surface area contributed by atoms with Crippen LogP contribution in [0.3, 0.4) is 0 Å². The maximum Gasteiger partial charge on any atom is 0.261 e. The van der Waals surface area contributed by atoms with Crippen LogP contribution < -0.4 is 10.0 Å². The van der Waals surface area contributed by atoms with Crippen molar-refractivity contribution in [2.45, 2.75) is 9.79 Å². The number of nitrogens with one attached hydrogen (secondary N) is 2. The number of amides is 1. The first-order valence-corrected chi connectivity index (χ1v) is 14.8. The molecule has 37 heavy (non-hydrogen) atoms. The van der Waals surface area contributed by atoms with E-state index in [2.05, 4.69) is 10.0 Å². The largest absolute Gasteiger partial charge is 0.379 e. The molecule has 0 aliphatic carbocycles. The summed E-state index contributed by atoms with van der Waals surface area (Å²) in [4.78, 5) is 12.7. The Morgan fingerprint density at radius 3 is 2.16 bits per heavy atom. The van der Waals surface area contributed by atoms with Gasteiger partial charge in [0.2, 0.25) is 10.0 Å². The average molecular weight is 605 g/mol. The third kappa shape index (κ3) is 6.20. The Labute approximate surface area is 229 Å². The number of nitrogens with zero attached hydrogens (tertiary/aromatic N) is 1. The number of hydrogen-bond acceptors (Lipinski definition) is 6. The van der Waals surface area contributed by atoms with Gasteiger partial charge in [-0.15, -0.1) is 0 Å². The van der Waals surface area contributed by atoms with E-state index >= 15 is 0 Å². The molecule has 0 unspecified atom stereocenters. The molecule has 1 aliphatic heterocycles. The fraction of sp³-hybridized carbons (Fsp3) is 0.174. The van der Waals surface area contributed by atoms with E-state index in [1.54, 1.807) is 6.07 Å². The van der Waals surface area contributed by atoms with Crippen molar-refractivity contribution >= 4 is 72.1 Å². The van der Waals surface area contributed by atoms with E-state index in [1.807, 2.05) is 0 Å². The predicted molar refractivity (Wildman–Crippen MR) is 143 cm³/mol. The van der Waals surface area contributed by atoms with E-state index in [0.717, 1.165) is 0 Å². The minimum atomic E-state index is -4.00. The van der Waals surface area contributed by atoms with Gasteiger partial charge >= 0.3 is 0 Å². The van der Waals surface area contributed by atoms with Gasteiger partial charge in [-0.25, -0.2) is 16.8 Å². The highest BCUT2D eigenvalue weighted by Crippen LogP contribution is 2.31. The molecule has 2 N–H and O–H groups in total. The molecule has 1 heterocycles. The molecule has 14 heteroatoms. The molecular weight excluding hydrogens is 585 g/mol. The van der Waals surface area contributed by atoms with Crippen LogP contribution in [0.25, 0.3) is 0 Å². The van der Waals surface area contributed by atoms with Gasteiger partial charge in [0.15, 0.2) is 0 Å². The summed E-state index contributed by atoms with van der Waals surface area (Å²) >= 11 is 18.2. The van der Waals surface area contributed by atoms with Crippen LogP contribution in [0.2, 0.25) is 15.1 Å².